The molecule has 0 aliphatic heterocycles. The third kappa shape index (κ3) is 4.15. The van der Waals surface area contributed by atoms with Crippen LogP contribution in [-0.4, -0.2) is 17.9 Å². The highest BCUT2D eigenvalue weighted by Crippen LogP contribution is 2.40. The maximum absolute atomic E-state index is 14.1. The zero-order chi connectivity index (χ0) is 16.5. The molecular formula is C15H18BrF3N2O. The number of benzene rings is 1. The van der Waals surface area contributed by atoms with Gasteiger partial charge in [0.25, 0.3) is 0 Å². The average molecular weight is 379 g/mol. The second-order valence-electron chi connectivity index (χ2n) is 5.89. The van der Waals surface area contributed by atoms with Crippen molar-refractivity contribution in [2.24, 2.45) is 5.92 Å². The van der Waals surface area contributed by atoms with Gasteiger partial charge < -0.3 is 10.6 Å². The van der Waals surface area contributed by atoms with Crippen LogP contribution in [0.2, 0.25) is 0 Å². The molecule has 0 heterocycles. The Morgan fingerprint density at radius 3 is 2.64 bits per heavy atom. The second kappa shape index (κ2) is 6.48. The predicted molar refractivity (Wildman–Crippen MR) is 83.8 cm³/mol. The largest absolute Gasteiger partial charge is 0.381 e. The summed E-state index contributed by atoms with van der Waals surface area (Å²) in [6.45, 7) is 3.75. The molecule has 1 amide bonds. The quantitative estimate of drug-likeness (QED) is 0.791. The summed E-state index contributed by atoms with van der Waals surface area (Å²) in [5, 5.41) is 5.49. The molecule has 1 aliphatic carbocycles. The van der Waals surface area contributed by atoms with Gasteiger partial charge in [0.05, 0.1) is 5.69 Å². The van der Waals surface area contributed by atoms with Crippen LogP contribution in [0.25, 0.3) is 0 Å². The summed E-state index contributed by atoms with van der Waals surface area (Å²) in [5.74, 6) is -4.77. The molecule has 1 saturated carbocycles. The highest BCUT2D eigenvalue weighted by molar-refractivity contribution is 9.10. The Hall–Kier alpha value is -1.24. The van der Waals surface area contributed by atoms with Gasteiger partial charge in [-0.2, -0.15) is 0 Å². The Labute approximate surface area is 135 Å². The van der Waals surface area contributed by atoms with Gasteiger partial charge >= 0.3 is 0 Å². The van der Waals surface area contributed by atoms with Crippen LogP contribution >= 0.6 is 15.9 Å². The van der Waals surface area contributed by atoms with Crippen LogP contribution in [-0.2, 0) is 4.79 Å². The van der Waals surface area contributed by atoms with Crippen LogP contribution in [0.5, 0.6) is 0 Å². The molecule has 0 unspecified atom stereocenters. The number of halogens is 4. The maximum atomic E-state index is 14.1. The smallest absolute Gasteiger partial charge is 0.248 e. The topological polar surface area (TPSA) is 41.1 Å². The number of hydrogen-bond donors (Lipinski definition) is 2. The molecule has 7 heteroatoms. The molecule has 1 atom stereocenters. The fourth-order valence-electron chi connectivity index (χ4n) is 2.52. The van der Waals surface area contributed by atoms with Gasteiger partial charge in [0.2, 0.25) is 11.8 Å². The summed E-state index contributed by atoms with van der Waals surface area (Å²) in [7, 11) is 0. The Morgan fingerprint density at radius 2 is 2.09 bits per heavy atom. The zero-order valence-corrected chi connectivity index (χ0v) is 13.9. The fraction of sp³-hybridized carbons (Fsp3) is 0.533. The predicted octanol–water partition coefficient (Wildman–Crippen LogP) is 4.78. The van der Waals surface area contributed by atoms with Crippen LogP contribution in [0, 0.1) is 11.7 Å². The molecule has 0 saturated heterocycles. The molecule has 0 radical (unpaired) electrons. The number of hydrogen-bond acceptors (Lipinski definition) is 2. The summed E-state index contributed by atoms with van der Waals surface area (Å²) >= 11 is 3.19. The molecule has 1 aromatic carbocycles. The number of nitrogens with one attached hydrogen (secondary N) is 2. The molecule has 1 aliphatic rings. The molecule has 0 spiro atoms. The summed E-state index contributed by atoms with van der Waals surface area (Å²) in [6, 6.07) is 2.90. The number of alkyl halides is 2. The molecule has 3 nitrogen and oxygen atoms in total. The van der Waals surface area contributed by atoms with E-state index in [1.807, 2.05) is 13.8 Å². The SMILES string of the molecule is CC(C)Nc1cc(Br)cc(F)c1NC(=O)[C@H]1CCC(F)(F)C1. The van der Waals surface area contributed by atoms with E-state index in [1.54, 1.807) is 6.07 Å². The van der Waals surface area contributed by atoms with E-state index in [0.29, 0.717) is 10.2 Å². The van der Waals surface area contributed by atoms with Crippen molar-refractivity contribution in [3.05, 3.63) is 22.4 Å². The Kier molecular flexibility index (Phi) is 5.04. The Bertz CT molecular complexity index is 578. The average Bonchev–Trinajstić information content (AvgIpc) is 2.73. The van der Waals surface area contributed by atoms with E-state index in [0.717, 1.165) is 0 Å². The van der Waals surface area contributed by atoms with Crippen molar-refractivity contribution in [3.63, 3.8) is 0 Å². The third-order valence-corrected chi connectivity index (χ3v) is 3.98. The number of carbonyl (C=O) groups is 1. The van der Waals surface area contributed by atoms with E-state index in [4.69, 9.17) is 0 Å². The van der Waals surface area contributed by atoms with Crippen LogP contribution < -0.4 is 10.6 Å². The highest BCUT2D eigenvalue weighted by Gasteiger charge is 2.42. The maximum Gasteiger partial charge on any atom is 0.248 e. The minimum atomic E-state index is -2.81. The van der Waals surface area contributed by atoms with E-state index >= 15 is 0 Å². The van der Waals surface area contributed by atoms with Crippen LogP contribution in [0.15, 0.2) is 16.6 Å². The molecule has 122 valence electrons. The molecule has 2 rings (SSSR count). The summed E-state index contributed by atoms with van der Waals surface area (Å²) in [6.07, 6.45) is -0.668. The van der Waals surface area contributed by atoms with E-state index in [2.05, 4.69) is 26.6 Å². The van der Waals surface area contributed by atoms with Crippen molar-refractivity contribution in [3.8, 4) is 0 Å². The van der Waals surface area contributed by atoms with Crippen molar-refractivity contribution in [2.75, 3.05) is 10.6 Å². The molecule has 1 aromatic rings. The van der Waals surface area contributed by atoms with Crippen LogP contribution in [0.3, 0.4) is 0 Å². The number of carbonyl (C=O) groups excluding carboxylic acids is 1. The van der Waals surface area contributed by atoms with Gasteiger partial charge in [-0.1, -0.05) is 15.9 Å². The summed E-state index contributed by atoms with van der Waals surface area (Å²) < 4.78 is 41.1. The van der Waals surface area contributed by atoms with Crippen LogP contribution in [0.1, 0.15) is 33.1 Å². The van der Waals surface area contributed by atoms with Crippen molar-refractivity contribution < 1.29 is 18.0 Å². The van der Waals surface area contributed by atoms with Crippen molar-refractivity contribution in [2.45, 2.75) is 45.1 Å². The molecule has 22 heavy (non-hydrogen) atoms. The fourth-order valence-corrected chi connectivity index (χ4v) is 2.95. The van der Waals surface area contributed by atoms with Crippen molar-refractivity contribution in [1.29, 1.82) is 0 Å². The van der Waals surface area contributed by atoms with Gasteiger partial charge in [-0.25, -0.2) is 13.2 Å². The van der Waals surface area contributed by atoms with E-state index in [-0.39, 0.29) is 24.6 Å². The van der Waals surface area contributed by atoms with Crippen molar-refractivity contribution in [1.82, 2.24) is 0 Å². The number of rotatable bonds is 4. The number of amides is 1. The third-order valence-electron chi connectivity index (χ3n) is 3.52. The van der Waals surface area contributed by atoms with Gasteiger partial charge in [0.1, 0.15) is 11.5 Å². The van der Waals surface area contributed by atoms with E-state index in [1.165, 1.54) is 6.07 Å². The van der Waals surface area contributed by atoms with Gasteiger partial charge in [-0.05, 0) is 32.4 Å². The van der Waals surface area contributed by atoms with E-state index < -0.39 is 30.0 Å². The first-order valence-electron chi connectivity index (χ1n) is 7.12. The van der Waals surface area contributed by atoms with Gasteiger partial charge in [0, 0.05) is 29.3 Å². The lowest BCUT2D eigenvalue weighted by atomic mass is 10.1. The molecule has 1 fully saturated rings. The summed E-state index contributed by atoms with van der Waals surface area (Å²) in [4.78, 5) is 12.1. The van der Waals surface area contributed by atoms with Gasteiger partial charge in [-0.3, -0.25) is 4.79 Å². The first kappa shape index (κ1) is 17.1. The first-order chi connectivity index (χ1) is 10.2. The first-order valence-corrected chi connectivity index (χ1v) is 7.91. The monoisotopic (exact) mass is 378 g/mol. The Morgan fingerprint density at radius 1 is 1.41 bits per heavy atom. The van der Waals surface area contributed by atoms with Gasteiger partial charge in [0.15, 0.2) is 0 Å². The molecule has 0 bridgehead atoms. The Balaban J connectivity index is 2.20. The normalized spacial score (nSPS) is 20.2. The molecular weight excluding hydrogens is 361 g/mol. The highest BCUT2D eigenvalue weighted by atomic mass is 79.9. The van der Waals surface area contributed by atoms with Crippen molar-refractivity contribution >= 4 is 33.2 Å². The second-order valence-corrected chi connectivity index (χ2v) is 6.81. The zero-order valence-electron chi connectivity index (χ0n) is 12.4. The van der Waals surface area contributed by atoms with Gasteiger partial charge in [-0.15, -0.1) is 0 Å². The molecule has 0 aromatic heterocycles. The van der Waals surface area contributed by atoms with Crippen LogP contribution in [0.4, 0.5) is 24.5 Å². The molecule has 2 N–H and O–H groups in total. The van der Waals surface area contributed by atoms with E-state index in [9.17, 15) is 18.0 Å². The minimum absolute atomic E-state index is 0.00267. The minimum Gasteiger partial charge on any atom is -0.381 e. The number of anilines is 2. The lowest BCUT2D eigenvalue weighted by Crippen LogP contribution is -2.24. The lowest BCUT2D eigenvalue weighted by Gasteiger charge is -2.18. The lowest BCUT2D eigenvalue weighted by molar-refractivity contribution is -0.120. The standard InChI is InChI=1S/C15H18BrF3N2O/c1-8(2)20-12-6-10(16)5-11(17)13(12)21-14(22)9-3-4-15(18,19)7-9/h5-6,8-9,20H,3-4,7H2,1-2H3,(H,21,22)/t9-/m0/s1. The summed E-state index contributed by atoms with van der Waals surface area (Å²) in [5.41, 5.74) is 0.414.